The minimum Gasteiger partial charge on any atom is -0.340 e. The van der Waals surface area contributed by atoms with Crippen LogP contribution < -0.4 is 5.32 Å². The highest BCUT2D eigenvalue weighted by atomic mass is 15.3. The zero-order valence-corrected chi connectivity index (χ0v) is 9.28. The first-order valence-electron chi connectivity index (χ1n) is 4.99. The predicted molar refractivity (Wildman–Crippen MR) is 62.4 cm³/mol. The van der Waals surface area contributed by atoms with Gasteiger partial charge in [-0.15, -0.1) is 0 Å². The lowest BCUT2D eigenvalue weighted by Gasteiger charge is -2.06. The maximum Gasteiger partial charge on any atom is 0.128 e. The minimum atomic E-state index is 1.01. The van der Waals surface area contributed by atoms with Crippen LogP contribution in [0.5, 0.6) is 0 Å². The molecule has 0 aliphatic heterocycles. The summed E-state index contributed by atoms with van der Waals surface area (Å²) in [5.74, 6) is 1.01. The SMILES string of the molecule is Cc1ccc(Nc2cc(C)nn2C)cc1. The molecule has 0 aliphatic carbocycles. The normalized spacial score (nSPS) is 10.3. The first kappa shape index (κ1) is 9.77. The number of benzene rings is 1. The molecule has 78 valence electrons. The van der Waals surface area contributed by atoms with Gasteiger partial charge in [0.2, 0.25) is 0 Å². The summed E-state index contributed by atoms with van der Waals surface area (Å²) in [6.45, 7) is 4.07. The first-order chi connectivity index (χ1) is 7.15. The van der Waals surface area contributed by atoms with Crippen molar-refractivity contribution in [1.29, 1.82) is 0 Å². The number of nitrogens with one attached hydrogen (secondary N) is 1. The van der Waals surface area contributed by atoms with E-state index in [4.69, 9.17) is 0 Å². The average Bonchev–Trinajstić information content (AvgIpc) is 2.49. The molecule has 0 spiro atoms. The summed E-state index contributed by atoms with van der Waals surface area (Å²) in [5, 5.41) is 7.60. The zero-order chi connectivity index (χ0) is 10.8. The Labute approximate surface area is 89.7 Å². The van der Waals surface area contributed by atoms with E-state index in [-0.39, 0.29) is 0 Å². The lowest BCUT2D eigenvalue weighted by molar-refractivity contribution is 0.765. The Kier molecular flexibility index (Phi) is 2.46. The van der Waals surface area contributed by atoms with Gasteiger partial charge in [-0.1, -0.05) is 17.7 Å². The summed E-state index contributed by atoms with van der Waals surface area (Å²) in [7, 11) is 1.93. The first-order valence-corrected chi connectivity index (χ1v) is 4.99. The van der Waals surface area contributed by atoms with Crippen LogP contribution in [0.15, 0.2) is 30.3 Å². The topological polar surface area (TPSA) is 29.9 Å². The number of hydrogen-bond donors (Lipinski definition) is 1. The molecule has 0 unspecified atom stereocenters. The highest BCUT2D eigenvalue weighted by Gasteiger charge is 2.01. The molecule has 0 atom stereocenters. The molecule has 2 rings (SSSR count). The summed E-state index contributed by atoms with van der Waals surface area (Å²) in [4.78, 5) is 0. The van der Waals surface area contributed by atoms with Crippen molar-refractivity contribution in [2.45, 2.75) is 13.8 Å². The van der Waals surface area contributed by atoms with E-state index in [2.05, 4.69) is 41.6 Å². The van der Waals surface area contributed by atoms with Crippen molar-refractivity contribution in [3.05, 3.63) is 41.6 Å². The molecule has 0 saturated heterocycles. The Hall–Kier alpha value is -1.77. The van der Waals surface area contributed by atoms with E-state index in [0.29, 0.717) is 0 Å². The van der Waals surface area contributed by atoms with Crippen molar-refractivity contribution in [2.24, 2.45) is 7.05 Å². The van der Waals surface area contributed by atoms with Gasteiger partial charge in [0.1, 0.15) is 5.82 Å². The zero-order valence-electron chi connectivity index (χ0n) is 9.28. The van der Waals surface area contributed by atoms with E-state index >= 15 is 0 Å². The van der Waals surface area contributed by atoms with Crippen LogP contribution in [0.3, 0.4) is 0 Å². The van der Waals surface area contributed by atoms with Crippen LogP contribution in [0.1, 0.15) is 11.3 Å². The maximum atomic E-state index is 4.28. The van der Waals surface area contributed by atoms with E-state index in [1.165, 1.54) is 5.56 Å². The standard InChI is InChI=1S/C12H15N3/c1-9-4-6-11(7-5-9)13-12-8-10(2)14-15(12)3/h4-8,13H,1-3H3. The van der Waals surface area contributed by atoms with Crippen molar-refractivity contribution in [2.75, 3.05) is 5.32 Å². The van der Waals surface area contributed by atoms with E-state index < -0.39 is 0 Å². The van der Waals surface area contributed by atoms with Gasteiger partial charge in [-0.05, 0) is 26.0 Å². The van der Waals surface area contributed by atoms with Gasteiger partial charge in [0.25, 0.3) is 0 Å². The molecule has 0 aliphatic rings. The molecule has 3 heteroatoms. The molecule has 1 heterocycles. The molecular weight excluding hydrogens is 186 g/mol. The molecule has 0 saturated carbocycles. The Morgan fingerprint density at radius 3 is 2.33 bits per heavy atom. The van der Waals surface area contributed by atoms with Crippen LogP contribution in [0, 0.1) is 13.8 Å². The van der Waals surface area contributed by atoms with E-state index in [9.17, 15) is 0 Å². The fraction of sp³-hybridized carbons (Fsp3) is 0.250. The second-order valence-electron chi connectivity index (χ2n) is 3.79. The Morgan fingerprint density at radius 2 is 1.80 bits per heavy atom. The summed E-state index contributed by atoms with van der Waals surface area (Å²) in [5.41, 5.74) is 3.37. The van der Waals surface area contributed by atoms with Gasteiger partial charge in [0, 0.05) is 18.8 Å². The van der Waals surface area contributed by atoms with Crippen molar-refractivity contribution in [3.8, 4) is 0 Å². The number of rotatable bonds is 2. The molecule has 0 bridgehead atoms. The van der Waals surface area contributed by atoms with Gasteiger partial charge >= 0.3 is 0 Å². The second-order valence-corrected chi connectivity index (χ2v) is 3.79. The highest BCUT2D eigenvalue weighted by molar-refractivity contribution is 5.56. The molecule has 15 heavy (non-hydrogen) atoms. The Balaban J connectivity index is 2.21. The van der Waals surface area contributed by atoms with Crippen LogP contribution in [-0.2, 0) is 7.05 Å². The minimum absolute atomic E-state index is 1.01. The lowest BCUT2D eigenvalue weighted by atomic mass is 10.2. The van der Waals surface area contributed by atoms with Gasteiger partial charge in [0.05, 0.1) is 5.69 Å². The van der Waals surface area contributed by atoms with Crippen molar-refractivity contribution in [3.63, 3.8) is 0 Å². The van der Waals surface area contributed by atoms with Crippen molar-refractivity contribution < 1.29 is 0 Å². The fourth-order valence-corrected chi connectivity index (χ4v) is 1.51. The van der Waals surface area contributed by atoms with Crippen LogP contribution in [0.2, 0.25) is 0 Å². The largest absolute Gasteiger partial charge is 0.340 e. The van der Waals surface area contributed by atoms with E-state index in [1.807, 2.05) is 24.7 Å². The molecule has 0 radical (unpaired) electrons. The van der Waals surface area contributed by atoms with Gasteiger partial charge in [-0.3, -0.25) is 4.68 Å². The number of anilines is 2. The number of aryl methyl sites for hydroxylation is 3. The highest BCUT2D eigenvalue weighted by Crippen LogP contribution is 2.16. The number of aromatic nitrogens is 2. The van der Waals surface area contributed by atoms with E-state index in [0.717, 1.165) is 17.2 Å². The summed E-state index contributed by atoms with van der Waals surface area (Å²) in [6.07, 6.45) is 0. The van der Waals surface area contributed by atoms with Crippen LogP contribution in [0.4, 0.5) is 11.5 Å². The van der Waals surface area contributed by atoms with Crippen molar-refractivity contribution >= 4 is 11.5 Å². The molecule has 2 aromatic rings. The smallest absolute Gasteiger partial charge is 0.128 e. The molecular formula is C12H15N3. The molecule has 1 aromatic heterocycles. The molecule has 3 nitrogen and oxygen atoms in total. The fourth-order valence-electron chi connectivity index (χ4n) is 1.51. The van der Waals surface area contributed by atoms with Gasteiger partial charge < -0.3 is 5.32 Å². The van der Waals surface area contributed by atoms with Crippen molar-refractivity contribution in [1.82, 2.24) is 9.78 Å². The summed E-state index contributed by atoms with van der Waals surface area (Å²) < 4.78 is 1.84. The monoisotopic (exact) mass is 201 g/mol. The number of hydrogen-bond acceptors (Lipinski definition) is 2. The molecule has 1 N–H and O–H groups in total. The van der Waals surface area contributed by atoms with Crippen LogP contribution in [-0.4, -0.2) is 9.78 Å². The summed E-state index contributed by atoms with van der Waals surface area (Å²) >= 11 is 0. The molecule has 0 fully saturated rings. The lowest BCUT2D eigenvalue weighted by Crippen LogP contribution is -1.98. The third-order valence-corrected chi connectivity index (χ3v) is 2.33. The quantitative estimate of drug-likeness (QED) is 0.809. The maximum absolute atomic E-state index is 4.28. The predicted octanol–water partition coefficient (Wildman–Crippen LogP) is 2.78. The average molecular weight is 201 g/mol. The van der Waals surface area contributed by atoms with Gasteiger partial charge in [-0.25, -0.2) is 0 Å². The molecule has 0 amide bonds. The third-order valence-electron chi connectivity index (χ3n) is 2.33. The Morgan fingerprint density at radius 1 is 1.13 bits per heavy atom. The van der Waals surface area contributed by atoms with E-state index in [1.54, 1.807) is 0 Å². The number of nitrogens with zero attached hydrogens (tertiary/aromatic N) is 2. The summed E-state index contributed by atoms with van der Waals surface area (Å²) in [6, 6.07) is 10.3. The van der Waals surface area contributed by atoms with Gasteiger partial charge in [0.15, 0.2) is 0 Å². The second kappa shape index (κ2) is 3.77. The third kappa shape index (κ3) is 2.18. The molecule has 1 aromatic carbocycles. The van der Waals surface area contributed by atoms with Crippen LogP contribution in [0.25, 0.3) is 0 Å². The Bertz CT molecular complexity index is 454. The van der Waals surface area contributed by atoms with Gasteiger partial charge in [-0.2, -0.15) is 5.10 Å². The van der Waals surface area contributed by atoms with Crippen LogP contribution >= 0.6 is 0 Å².